The van der Waals surface area contributed by atoms with Crippen molar-refractivity contribution in [2.45, 2.75) is 51.6 Å². The van der Waals surface area contributed by atoms with Gasteiger partial charge in [-0.05, 0) is 98.1 Å². The molecule has 1 atom stereocenters. The highest BCUT2D eigenvalue weighted by Crippen LogP contribution is 2.37. The molecule has 7 aromatic rings. The molecule has 2 aliphatic rings. The highest BCUT2D eigenvalue weighted by atomic mass is 19.4. The third-order valence-electron chi connectivity index (χ3n) is 12.2. The van der Waals surface area contributed by atoms with E-state index in [0.717, 1.165) is 23.8 Å². The zero-order chi connectivity index (χ0) is 52.4. The summed E-state index contributed by atoms with van der Waals surface area (Å²) in [6, 6.07) is 21.4. The van der Waals surface area contributed by atoms with Crippen LogP contribution in [0.25, 0.3) is 21.8 Å². The van der Waals surface area contributed by atoms with Crippen molar-refractivity contribution in [1.29, 1.82) is 0 Å². The van der Waals surface area contributed by atoms with E-state index in [0.29, 0.717) is 45.5 Å². The van der Waals surface area contributed by atoms with Gasteiger partial charge in [0.15, 0.2) is 23.1 Å². The first-order valence-corrected chi connectivity index (χ1v) is 22.8. The molecule has 1 unspecified atom stereocenters. The number of piperidine rings is 1. The minimum atomic E-state index is -5.01. The third-order valence-corrected chi connectivity index (χ3v) is 12.2. The maximum atomic E-state index is 15.6. The first-order chi connectivity index (χ1) is 35.4. The molecule has 2 aromatic heterocycles. The number of carbonyl (C=O) groups excluding carboxylic acids is 5. The Balaban J connectivity index is 0.792. The number of carbonyl (C=O) groups is 5. The van der Waals surface area contributed by atoms with E-state index in [2.05, 4.69) is 42.5 Å². The van der Waals surface area contributed by atoms with E-state index in [4.69, 9.17) is 14.2 Å². The number of benzene rings is 5. The van der Waals surface area contributed by atoms with Crippen LogP contribution >= 0.6 is 0 Å². The molecular weight excluding hydrogens is 971 g/mol. The zero-order valence-electron chi connectivity index (χ0n) is 39.4. The number of methoxy groups -OCH3 is 1. The molecule has 0 aliphatic carbocycles. The first-order valence-electron chi connectivity index (χ1n) is 22.8. The Morgan fingerprint density at radius 1 is 0.865 bits per heavy atom. The molecule has 0 bridgehead atoms. The van der Waals surface area contributed by atoms with Crippen molar-refractivity contribution >= 4 is 62.7 Å². The van der Waals surface area contributed by atoms with E-state index >= 15 is 4.39 Å². The van der Waals surface area contributed by atoms with Crippen LogP contribution < -0.4 is 40.3 Å². The summed E-state index contributed by atoms with van der Waals surface area (Å²) in [4.78, 5) is 86.9. The fourth-order valence-corrected chi connectivity index (χ4v) is 8.56. The molecule has 17 nitrogen and oxygen atoms in total. The number of aryl methyl sites for hydroxylation is 1. The summed E-state index contributed by atoms with van der Waals surface area (Å²) in [6.45, 7) is 1.84. The zero-order valence-corrected chi connectivity index (χ0v) is 39.4. The van der Waals surface area contributed by atoms with Gasteiger partial charge in [-0.25, -0.2) is 14.4 Å². The smallest absolute Gasteiger partial charge is 0.493 e. The molecule has 0 saturated carbocycles. The standard InChI is InChI=1S/C53H41F4N7O10/c1-28-47(48(67)37-23-34(74-53(55,56)57)13-15-40(37)63(28)2)50(69)61-33-12-17-42(38(54)22-33)73-51-36-24-43(71-3)44(25-39(36)58-27-59-51)72-19-5-8-45(65)60-32-7-4-6-29(21-32)9-10-30-11-14-35-31(20-30)26-64(52(35)70)41-16-18-46(66)62-49(41)68/h4,6-7,11-15,17,20-25,27,41H,5,8,16,18-19,26H2,1-3H3,(H,60,65)(H,61,69)(H,62,66,68). The Kier molecular flexibility index (Phi) is 13.7. The summed E-state index contributed by atoms with van der Waals surface area (Å²) < 4.78 is 77.1. The van der Waals surface area contributed by atoms with E-state index < -0.39 is 41.2 Å². The van der Waals surface area contributed by atoms with Crippen molar-refractivity contribution in [2.24, 2.45) is 7.05 Å². The minimum Gasteiger partial charge on any atom is -0.493 e. The molecule has 1 fully saturated rings. The second-order valence-electron chi connectivity index (χ2n) is 17.1. The van der Waals surface area contributed by atoms with Gasteiger partial charge < -0.3 is 39.0 Å². The first kappa shape index (κ1) is 49.7. The molecule has 5 amide bonds. The van der Waals surface area contributed by atoms with Crippen LogP contribution in [0.5, 0.6) is 28.9 Å². The number of rotatable bonds is 13. The highest BCUT2D eigenvalue weighted by Gasteiger charge is 2.39. The van der Waals surface area contributed by atoms with Gasteiger partial charge in [0.05, 0.1) is 35.5 Å². The number of hydrogen-bond donors (Lipinski definition) is 3. The van der Waals surface area contributed by atoms with Crippen molar-refractivity contribution < 1.29 is 60.5 Å². The normalized spacial score (nSPS) is 14.2. The molecule has 1 saturated heterocycles. The van der Waals surface area contributed by atoms with Gasteiger partial charge in [-0.15, -0.1) is 13.2 Å². The number of hydrogen-bond acceptors (Lipinski definition) is 12. The van der Waals surface area contributed by atoms with Crippen LogP contribution in [0, 0.1) is 24.6 Å². The van der Waals surface area contributed by atoms with Crippen molar-refractivity contribution in [2.75, 3.05) is 24.4 Å². The number of nitrogens with zero attached hydrogens (tertiary/aromatic N) is 4. The number of pyridine rings is 1. The van der Waals surface area contributed by atoms with Gasteiger partial charge in [-0.3, -0.25) is 34.1 Å². The molecule has 2 aliphatic heterocycles. The SMILES string of the molecule is COc1cc2c(Oc3ccc(NC(=O)c4c(C)n(C)c5ccc(OC(F)(F)F)cc5c4=O)cc3F)ncnc2cc1OCCCC(=O)Nc1cccc(C#Cc2ccc3c(c2)CN(C2CCC(=O)NC2=O)C3=O)c1. The summed E-state index contributed by atoms with van der Waals surface area (Å²) >= 11 is 0. The molecule has 21 heteroatoms. The van der Waals surface area contributed by atoms with Gasteiger partial charge in [0.1, 0.15) is 23.7 Å². The molecule has 74 heavy (non-hydrogen) atoms. The number of alkyl halides is 3. The lowest BCUT2D eigenvalue weighted by atomic mass is 10.0. The summed E-state index contributed by atoms with van der Waals surface area (Å²) in [5.74, 6) is 2.56. The average Bonchev–Trinajstić information content (AvgIpc) is 3.68. The van der Waals surface area contributed by atoms with E-state index in [-0.39, 0.29) is 95.4 Å². The Morgan fingerprint density at radius 3 is 2.41 bits per heavy atom. The largest absolute Gasteiger partial charge is 0.573 e. The van der Waals surface area contributed by atoms with Crippen LogP contribution in [-0.2, 0) is 28.0 Å². The topological polar surface area (TPSA) is 209 Å². The van der Waals surface area contributed by atoms with E-state index in [1.54, 1.807) is 54.6 Å². The summed E-state index contributed by atoms with van der Waals surface area (Å²) in [5, 5.41) is 7.77. The van der Waals surface area contributed by atoms with Gasteiger partial charge in [0, 0.05) is 72.3 Å². The molecule has 0 spiro atoms. The molecule has 4 heterocycles. The van der Waals surface area contributed by atoms with Crippen LogP contribution in [0.4, 0.5) is 28.9 Å². The van der Waals surface area contributed by atoms with Gasteiger partial charge in [0.25, 0.3) is 11.8 Å². The Hall–Kier alpha value is -9.32. The van der Waals surface area contributed by atoms with Gasteiger partial charge in [-0.2, -0.15) is 0 Å². The quantitative estimate of drug-likeness (QED) is 0.0437. The summed E-state index contributed by atoms with van der Waals surface area (Å²) in [7, 11) is 2.95. The van der Waals surface area contributed by atoms with Gasteiger partial charge >= 0.3 is 6.36 Å². The number of anilines is 2. The minimum absolute atomic E-state index is 0.0487. The lowest BCUT2D eigenvalue weighted by Crippen LogP contribution is -2.52. The number of fused-ring (bicyclic) bond motifs is 3. The number of aromatic nitrogens is 3. The van der Waals surface area contributed by atoms with Gasteiger partial charge in [0.2, 0.25) is 29.0 Å². The number of nitrogens with one attached hydrogen (secondary N) is 3. The number of ether oxygens (including phenoxy) is 4. The predicted molar refractivity (Wildman–Crippen MR) is 259 cm³/mol. The fourth-order valence-electron chi connectivity index (χ4n) is 8.56. The second-order valence-corrected chi connectivity index (χ2v) is 17.1. The number of amides is 5. The van der Waals surface area contributed by atoms with Gasteiger partial charge in [-0.1, -0.05) is 17.9 Å². The van der Waals surface area contributed by atoms with Crippen LogP contribution in [0.3, 0.4) is 0 Å². The number of halogens is 4. The maximum absolute atomic E-state index is 15.6. The maximum Gasteiger partial charge on any atom is 0.573 e. The molecular formula is C53H41F4N7O10. The van der Waals surface area contributed by atoms with Crippen LogP contribution in [0.15, 0.2) is 102 Å². The monoisotopic (exact) mass is 1010 g/mol. The second kappa shape index (κ2) is 20.4. The third kappa shape index (κ3) is 10.6. The Morgan fingerprint density at radius 2 is 1.65 bits per heavy atom. The lowest BCUT2D eigenvalue weighted by molar-refractivity contribution is -0.274. The molecule has 5 aromatic carbocycles. The molecule has 0 radical (unpaired) electrons. The van der Waals surface area contributed by atoms with Crippen molar-refractivity contribution in [3.05, 3.63) is 147 Å². The Bertz CT molecular complexity index is 3610. The fraction of sp³-hybridized carbons (Fsp3) is 0.208. The average molecular weight is 1010 g/mol. The summed E-state index contributed by atoms with van der Waals surface area (Å²) in [6.07, 6.45) is -2.94. The predicted octanol–water partition coefficient (Wildman–Crippen LogP) is 7.84. The van der Waals surface area contributed by atoms with Crippen molar-refractivity contribution in [3.8, 4) is 40.7 Å². The molecule has 376 valence electrons. The van der Waals surface area contributed by atoms with Crippen molar-refractivity contribution in [3.63, 3.8) is 0 Å². The van der Waals surface area contributed by atoms with Crippen LogP contribution in [-0.4, -0.2) is 75.1 Å². The van der Waals surface area contributed by atoms with Crippen LogP contribution in [0.2, 0.25) is 0 Å². The molecule has 3 N–H and O–H groups in total. The van der Waals surface area contributed by atoms with E-state index in [1.807, 2.05) is 0 Å². The molecule has 9 rings (SSSR count). The number of imide groups is 1. The highest BCUT2D eigenvalue weighted by molar-refractivity contribution is 6.07. The lowest BCUT2D eigenvalue weighted by Gasteiger charge is -2.29. The van der Waals surface area contributed by atoms with Crippen molar-refractivity contribution in [1.82, 2.24) is 24.8 Å². The Labute approximate surface area is 417 Å². The van der Waals surface area contributed by atoms with E-state index in [9.17, 15) is 41.9 Å². The summed E-state index contributed by atoms with van der Waals surface area (Å²) in [5.41, 5.74) is 2.57. The van der Waals surface area contributed by atoms with Crippen LogP contribution in [0.1, 0.15) is 68.8 Å². The van der Waals surface area contributed by atoms with E-state index in [1.165, 1.54) is 55.1 Å².